The van der Waals surface area contributed by atoms with Crippen LogP contribution in [0.15, 0.2) is 72.8 Å². The van der Waals surface area contributed by atoms with Crippen LogP contribution >= 0.6 is 0 Å². The zero-order chi connectivity index (χ0) is 19.5. The Morgan fingerprint density at radius 1 is 0.750 bits per heavy atom. The third-order valence-electron chi connectivity index (χ3n) is 4.20. The molecule has 0 radical (unpaired) electrons. The van der Waals surface area contributed by atoms with Crippen molar-refractivity contribution in [3.8, 4) is 34.3 Å². The number of hydrogen-bond acceptors (Lipinski definition) is 5. The molecule has 0 atom stereocenters. The predicted octanol–water partition coefficient (Wildman–Crippen LogP) is 4.22. The molecule has 0 aliphatic rings. The molecule has 0 fully saturated rings. The molecule has 0 aliphatic carbocycles. The fraction of sp³-hybridized carbons (Fsp3) is 0. The van der Waals surface area contributed by atoms with Gasteiger partial charge in [0.05, 0.1) is 11.3 Å². The van der Waals surface area contributed by atoms with Crippen LogP contribution in [-0.2, 0) is 0 Å². The van der Waals surface area contributed by atoms with E-state index in [9.17, 15) is 15.3 Å². The molecule has 138 valence electrons. The highest BCUT2D eigenvalue weighted by molar-refractivity contribution is 5.72. The van der Waals surface area contributed by atoms with Crippen molar-refractivity contribution in [3.05, 3.63) is 84.2 Å². The van der Waals surface area contributed by atoms with E-state index in [2.05, 4.69) is 10.1 Å². The predicted molar refractivity (Wildman–Crippen MR) is 107 cm³/mol. The molecule has 0 saturated carbocycles. The molecule has 0 bridgehead atoms. The molecule has 6 nitrogen and oxygen atoms in total. The highest BCUT2D eigenvalue weighted by atomic mass is 16.3. The number of benzene rings is 3. The monoisotopic (exact) mass is 371 g/mol. The molecule has 28 heavy (non-hydrogen) atoms. The van der Waals surface area contributed by atoms with E-state index in [1.165, 1.54) is 12.1 Å². The van der Waals surface area contributed by atoms with Crippen LogP contribution in [0.5, 0.6) is 17.2 Å². The van der Waals surface area contributed by atoms with Crippen molar-refractivity contribution >= 4 is 12.2 Å². The van der Waals surface area contributed by atoms with Gasteiger partial charge in [0.25, 0.3) is 0 Å². The number of nitrogens with zero attached hydrogens (tertiary/aromatic N) is 3. The molecule has 0 aliphatic heterocycles. The summed E-state index contributed by atoms with van der Waals surface area (Å²) in [6.45, 7) is 0. The summed E-state index contributed by atoms with van der Waals surface area (Å²) in [7, 11) is 0. The van der Waals surface area contributed by atoms with Crippen molar-refractivity contribution in [2.45, 2.75) is 0 Å². The van der Waals surface area contributed by atoms with Gasteiger partial charge in [0.15, 0.2) is 11.6 Å². The van der Waals surface area contributed by atoms with Crippen LogP contribution in [0.1, 0.15) is 11.4 Å². The largest absolute Gasteiger partial charge is 0.508 e. The van der Waals surface area contributed by atoms with Crippen LogP contribution in [0.3, 0.4) is 0 Å². The number of aromatic hydroxyl groups is 3. The molecule has 1 aromatic heterocycles. The highest BCUT2D eigenvalue weighted by Gasteiger charge is 2.15. The van der Waals surface area contributed by atoms with Gasteiger partial charge in [-0.3, -0.25) is 0 Å². The summed E-state index contributed by atoms with van der Waals surface area (Å²) in [6.07, 6.45) is 3.32. The van der Waals surface area contributed by atoms with Crippen molar-refractivity contribution < 1.29 is 15.3 Å². The molecule has 4 rings (SSSR count). The van der Waals surface area contributed by atoms with Gasteiger partial charge in [-0.2, -0.15) is 0 Å². The van der Waals surface area contributed by atoms with E-state index in [-0.39, 0.29) is 17.2 Å². The van der Waals surface area contributed by atoms with Gasteiger partial charge in [-0.1, -0.05) is 30.3 Å². The molecule has 3 aromatic carbocycles. The van der Waals surface area contributed by atoms with Gasteiger partial charge >= 0.3 is 0 Å². The van der Waals surface area contributed by atoms with E-state index < -0.39 is 0 Å². The van der Waals surface area contributed by atoms with Crippen LogP contribution in [0.4, 0.5) is 0 Å². The Morgan fingerprint density at radius 2 is 1.50 bits per heavy atom. The lowest BCUT2D eigenvalue weighted by Gasteiger charge is -2.06. The Bertz CT molecular complexity index is 1150. The first-order valence-electron chi connectivity index (χ1n) is 8.63. The van der Waals surface area contributed by atoms with Gasteiger partial charge < -0.3 is 15.3 Å². The van der Waals surface area contributed by atoms with Crippen molar-refractivity contribution in [2.75, 3.05) is 0 Å². The fourth-order valence-corrected chi connectivity index (χ4v) is 2.82. The lowest BCUT2D eigenvalue weighted by Crippen LogP contribution is -1.99. The van der Waals surface area contributed by atoms with E-state index >= 15 is 0 Å². The lowest BCUT2D eigenvalue weighted by molar-refractivity contribution is 0.450. The van der Waals surface area contributed by atoms with Crippen molar-refractivity contribution in [1.82, 2.24) is 14.8 Å². The van der Waals surface area contributed by atoms with Crippen molar-refractivity contribution in [2.24, 2.45) is 0 Å². The maximum Gasteiger partial charge on any atom is 0.175 e. The van der Waals surface area contributed by atoms with Crippen LogP contribution in [0, 0.1) is 0 Å². The number of phenols is 3. The third kappa shape index (κ3) is 3.43. The molecule has 4 aromatic rings. The van der Waals surface area contributed by atoms with Crippen LogP contribution in [-0.4, -0.2) is 30.1 Å². The van der Waals surface area contributed by atoms with Crippen LogP contribution < -0.4 is 0 Å². The molecule has 0 saturated heterocycles. The molecule has 6 heteroatoms. The number of rotatable bonds is 4. The first-order chi connectivity index (χ1) is 13.6. The highest BCUT2D eigenvalue weighted by Crippen LogP contribution is 2.30. The summed E-state index contributed by atoms with van der Waals surface area (Å²) in [6, 6.07) is 20.8. The molecule has 1 heterocycles. The van der Waals surface area contributed by atoms with E-state index in [1.54, 1.807) is 41.1 Å². The first-order valence-corrected chi connectivity index (χ1v) is 8.63. The van der Waals surface area contributed by atoms with E-state index in [0.717, 1.165) is 5.69 Å². The molecule has 0 spiro atoms. The molecular formula is C22H17N3O3. The molecule has 0 amide bonds. The maximum atomic E-state index is 10.3. The Hall–Kier alpha value is -4.06. The van der Waals surface area contributed by atoms with Gasteiger partial charge in [0, 0.05) is 11.6 Å². The number of phenolic OH excluding ortho intramolecular Hbond substituents is 3. The van der Waals surface area contributed by atoms with Crippen LogP contribution in [0.25, 0.3) is 29.2 Å². The van der Waals surface area contributed by atoms with E-state index in [0.29, 0.717) is 22.8 Å². The third-order valence-corrected chi connectivity index (χ3v) is 4.20. The number of para-hydroxylation sites is 2. The Morgan fingerprint density at radius 3 is 2.25 bits per heavy atom. The minimum atomic E-state index is -0.0420. The van der Waals surface area contributed by atoms with Gasteiger partial charge in [0.2, 0.25) is 0 Å². The average molecular weight is 371 g/mol. The second-order valence-electron chi connectivity index (χ2n) is 6.13. The van der Waals surface area contributed by atoms with Crippen LogP contribution in [0.2, 0.25) is 0 Å². The standard InChI is InChI=1S/C22H17N3O3/c26-17-12-10-15(20(28)14-17)11-13-21-23-22(18-8-4-5-9-19(18)27)25(24-21)16-6-2-1-3-7-16/h1-14,26-28H/b13-11+. The Labute approximate surface area is 161 Å². The fourth-order valence-electron chi connectivity index (χ4n) is 2.82. The van der Waals surface area contributed by atoms with Crippen molar-refractivity contribution in [1.29, 1.82) is 0 Å². The summed E-state index contributed by atoms with van der Waals surface area (Å²) in [5.41, 5.74) is 1.89. The Kier molecular flexibility index (Phi) is 4.51. The van der Waals surface area contributed by atoms with Gasteiger partial charge in [-0.15, -0.1) is 5.10 Å². The quantitative estimate of drug-likeness (QED) is 0.500. The van der Waals surface area contributed by atoms with Crippen molar-refractivity contribution in [3.63, 3.8) is 0 Å². The SMILES string of the molecule is Oc1ccc(/C=C/c2nc(-c3ccccc3O)n(-c3ccccc3)n2)c(O)c1. The minimum absolute atomic E-state index is 0.0111. The second kappa shape index (κ2) is 7.28. The lowest BCUT2D eigenvalue weighted by atomic mass is 10.1. The topological polar surface area (TPSA) is 91.4 Å². The zero-order valence-electron chi connectivity index (χ0n) is 14.8. The normalized spacial score (nSPS) is 11.1. The minimum Gasteiger partial charge on any atom is -0.508 e. The molecule has 0 unspecified atom stereocenters. The Balaban J connectivity index is 1.79. The second-order valence-corrected chi connectivity index (χ2v) is 6.13. The van der Waals surface area contributed by atoms with E-state index in [1.807, 2.05) is 36.4 Å². The number of aromatic nitrogens is 3. The van der Waals surface area contributed by atoms with Gasteiger partial charge in [-0.05, 0) is 48.6 Å². The summed E-state index contributed by atoms with van der Waals surface area (Å²) < 4.78 is 1.66. The maximum absolute atomic E-state index is 10.3. The summed E-state index contributed by atoms with van der Waals surface area (Å²) in [5, 5.41) is 34.1. The summed E-state index contributed by atoms with van der Waals surface area (Å²) in [4.78, 5) is 4.55. The summed E-state index contributed by atoms with van der Waals surface area (Å²) in [5.74, 6) is 0.967. The average Bonchev–Trinajstić information content (AvgIpc) is 3.12. The van der Waals surface area contributed by atoms with Gasteiger partial charge in [0.1, 0.15) is 17.2 Å². The molecule has 3 N–H and O–H groups in total. The number of hydrogen-bond donors (Lipinski definition) is 3. The van der Waals surface area contributed by atoms with E-state index in [4.69, 9.17) is 0 Å². The first kappa shape index (κ1) is 17.4. The molecular weight excluding hydrogens is 354 g/mol. The van der Waals surface area contributed by atoms with Gasteiger partial charge in [-0.25, -0.2) is 9.67 Å². The smallest absolute Gasteiger partial charge is 0.175 e. The zero-order valence-corrected chi connectivity index (χ0v) is 14.8. The summed E-state index contributed by atoms with van der Waals surface area (Å²) >= 11 is 0.